The number of allylic oxidation sites excluding steroid dienone is 2. The minimum atomic E-state index is 1.10. The quantitative estimate of drug-likeness (QED) is 0.229. The summed E-state index contributed by atoms with van der Waals surface area (Å²) in [7, 11) is 0. The van der Waals surface area contributed by atoms with Gasteiger partial charge in [0.15, 0.2) is 0 Å². The summed E-state index contributed by atoms with van der Waals surface area (Å²) in [6, 6.07) is 33.8. The summed E-state index contributed by atoms with van der Waals surface area (Å²) in [6.45, 7) is 4.27. The topological polar surface area (TPSA) is 12.0 Å². The SMILES string of the molecule is Cc1cccc(C)c1Nc1ccc(/C=C/c2ccc(/C=C/C=C/c3ccccc3)cc2)cc1. The molecule has 33 heavy (non-hydrogen) atoms. The van der Waals surface area contributed by atoms with Gasteiger partial charge in [0.05, 0.1) is 0 Å². The fraction of sp³-hybridized carbons (Fsp3) is 0.0625. The van der Waals surface area contributed by atoms with E-state index < -0.39 is 0 Å². The van der Waals surface area contributed by atoms with Crippen molar-refractivity contribution in [2.45, 2.75) is 13.8 Å². The summed E-state index contributed by atoms with van der Waals surface area (Å²) in [5.41, 5.74) is 9.55. The zero-order valence-corrected chi connectivity index (χ0v) is 19.2. The average Bonchev–Trinajstić information content (AvgIpc) is 2.85. The smallest absolute Gasteiger partial charge is 0.0443 e. The van der Waals surface area contributed by atoms with Gasteiger partial charge in [-0.2, -0.15) is 0 Å². The third-order valence-electron chi connectivity index (χ3n) is 5.55. The average molecular weight is 428 g/mol. The van der Waals surface area contributed by atoms with E-state index in [2.05, 4.69) is 134 Å². The second kappa shape index (κ2) is 11.0. The van der Waals surface area contributed by atoms with Crippen molar-refractivity contribution in [3.05, 3.63) is 143 Å². The molecule has 4 rings (SSSR count). The number of anilines is 2. The van der Waals surface area contributed by atoms with Crippen LogP contribution in [-0.4, -0.2) is 0 Å². The van der Waals surface area contributed by atoms with Crippen LogP contribution in [0.3, 0.4) is 0 Å². The van der Waals surface area contributed by atoms with Crippen molar-refractivity contribution in [3.8, 4) is 0 Å². The highest BCUT2D eigenvalue weighted by Crippen LogP contribution is 2.24. The van der Waals surface area contributed by atoms with Gasteiger partial charge in [0.2, 0.25) is 0 Å². The molecule has 0 radical (unpaired) electrons. The lowest BCUT2D eigenvalue weighted by Gasteiger charge is -2.12. The molecule has 0 aromatic heterocycles. The molecule has 0 fully saturated rings. The van der Waals surface area contributed by atoms with Crippen molar-refractivity contribution in [1.82, 2.24) is 0 Å². The van der Waals surface area contributed by atoms with Gasteiger partial charge in [0.25, 0.3) is 0 Å². The molecule has 0 bridgehead atoms. The van der Waals surface area contributed by atoms with E-state index in [0.717, 1.165) is 5.69 Å². The Kier molecular flexibility index (Phi) is 7.35. The fourth-order valence-electron chi connectivity index (χ4n) is 3.64. The normalized spacial score (nSPS) is 11.6. The molecular formula is C32H29N. The Morgan fingerprint density at radius 2 is 0.909 bits per heavy atom. The van der Waals surface area contributed by atoms with E-state index in [9.17, 15) is 0 Å². The molecule has 1 nitrogen and oxygen atoms in total. The van der Waals surface area contributed by atoms with E-state index >= 15 is 0 Å². The second-order valence-electron chi connectivity index (χ2n) is 8.14. The van der Waals surface area contributed by atoms with Gasteiger partial charge in [-0.3, -0.25) is 0 Å². The Balaban J connectivity index is 1.34. The van der Waals surface area contributed by atoms with Gasteiger partial charge < -0.3 is 5.32 Å². The maximum Gasteiger partial charge on any atom is 0.0443 e. The maximum atomic E-state index is 3.54. The predicted molar refractivity (Wildman–Crippen MR) is 146 cm³/mol. The fourth-order valence-corrected chi connectivity index (χ4v) is 3.64. The molecule has 4 aromatic carbocycles. The monoisotopic (exact) mass is 427 g/mol. The maximum absolute atomic E-state index is 3.54. The summed E-state index contributed by atoms with van der Waals surface area (Å²) in [5, 5.41) is 3.54. The first-order chi connectivity index (χ1) is 16.2. The van der Waals surface area contributed by atoms with Crippen LogP contribution < -0.4 is 5.32 Å². The number of hydrogen-bond donors (Lipinski definition) is 1. The third-order valence-corrected chi connectivity index (χ3v) is 5.55. The zero-order valence-electron chi connectivity index (χ0n) is 19.2. The summed E-state index contributed by atoms with van der Waals surface area (Å²) in [5.74, 6) is 0. The molecule has 4 aromatic rings. The van der Waals surface area contributed by atoms with Crippen molar-refractivity contribution in [2.24, 2.45) is 0 Å². The molecule has 0 spiro atoms. The van der Waals surface area contributed by atoms with Gasteiger partial charge >= 0.3 is 0 Å². The molecule has 0 amide bonds. The molecule has 1 heteroatoms. The van der Waals surface area contributed by atoms with Crippen LogP contribution in [0.2, 0.25) is 0 Å². The van der Waals surface area contributed by atoms with Gasteiger partial charge in [0.1, 0.15) is 0 Å². The van der Waals surface area contributed by atoms with E-state index in [4.69, 9.17) is 0 Å². The highest BCUT2D eigenvalue weighted by molar-refractivity contribution is 5.73. The van der Waals surface area contributed by atoms with E-state index in [1.54, 1.807) is 0 Å². The van der Waals surface area contributed by atoms with Gasteiger partial charge in [-0.05, 0) is 59.4 Å². The molecule has 0 aliphatic heterocycles. The zero-order chi connectivity index (χ0) is 22.9. The van der Waals surface area contributed by atoms with Gasteiger partial charge in [-0.25, -0.2) is 0 Å². The molecule has 0 unspecified atom stereocenters. The van der Waals surface area contributed by atoms with E-state index in [1.165, 1.54) is 39.1 Å². The number of benzene rings is 4. The van der Waals surface area contributed by atoms with Crippen molar-refractivity contribution < 1.29 is 0 Å². The van der Waals surface area contributed by atoms with Crippen molar-refractivity contribution in [2.75, 3.05) is 5.32 Å². The summed E-state index contributed by atoms with van der Waals surface area (Å²) >= 11 is 0. The first-order valence-electron chi connectivity index (χ1n) is 11.3. The van der Waals surface area contributed by atoms with Crippen LogP contribution in [-0.2, 0) is 0 Å². The highest BCUT2D eigenvalue weighted by Gasteiger charge is 2.02. The molecule has 0 heterocycles. The first kappa shape index (κ1) is 22.1. The Labute approximate surface area is 197 Å². The molecule has 0 saturated carbocycles. The summed E-state index contributed by atoms with van der Waals surface area (Å²) < 4.78 is 0. The van der Waals surface area contributed by atoms with Crippen LogP contribution in [0.25, 0.3) is 24.3 Å². The third kappa shape index (κ3) is 6.44. The largest absolute Gasteiger partial charge is 0.355 e. The van der Waals surface area contributed by atoms with E-state index in [1.807, 2.05) is 18.2 Å². The summed E-state index contributed by atoms with van der Waals surface area (Å²) in [4.78, 5) is 0. The summed E-state index contributed by atoms with van der Waals surface area (Å²) in [6.07, 6.45) is 12.7. The van der Waals surface area contributed by atoms with Gasteiger partial charge in [-0.1, -0.05) is 121 Å². The first-order valence-corrected chi connectivity index (χ1v) is 11.3. The number of hydrogen-bond acceptors (Lipinski definition) is 1. The number of aryl methyl sites for hydroxylation is 2. The van der Waals surface area contributed by atoms with Crippen LogP contribution in [0.5, 0.6) is 0 Å². The molecular weight excluding hydrogens is 398 g/mol. The lowest BCUT2D eigenvalue weighted by Crippen LogP contribution is -1.95. The Bertz CT molecular complexity index is 1240. The van der Waals surface area contributed by atoms with Crippen molar-refractivity contribution >= 4 is 35.7 Å². The number of para-hydroxylation sites is 1. The van der Waals surface area contributed by atoms with E-state index in [-0.39, 0.29) is 0 Å². The van der Waals surface area contributed by atoms with Gasteiger partial charge in [-0.15, -0.1) is 0 Å². The minimum Gasteiger partial charge on any atom is -0.355 e. The standard InChI is InChI=1S/C32H29N/c1-25-9-8-10-26(2)32(25)33-31-23-21-30(22-24-31)20-19-29-17-15-28(16-18-29)14-7-6-13-27-11-4-3-5-12-27/h3-24,33H,1-2H3/b13-6+,14-7+,20-19+. The van der Waals surface area contributed by atoms with Crippen LogP contribution in [0.15, 0.2) is 109 Å². The highest BCUT2D eigenvalue weighted by atomic mass is 14.9. The second-order valence-corrected chi connectivity index (χ2v) is 8.14. The molecule has 0 saturated heterocycles. The van der Waals surface area contributed by atoms with Crippen LogP contribution in [0.4, 0.5) is 11.4 Å². The lowest BCUT2D eigenvalue weighted by molar-refractivity contribution is 1.36. The van der Waals surface area contributed by atoms with Crippen LogP contribution >= 0.6 is 0 Å². The molecule has 0 atom stereocenters. The van der Waals surface area contributed by atoms with Gasteiger partial charge in [0, 0.05) is 11.4 Å². The molecule has 0 aliphatic carbocycles. The Morgan fingerprint density at radius 3 is 1.45 bits per heavy atom. The van der Waals surface area contributed by atoms with Crippen molar-refractivity contribution in [3.63, 3.8) is 0 Å². The van der Waals surface area contributed by atoms with E-state index in [0.29, 0.717) is 0 Å². The molecule has 0 aliphatic rings. The van der Waals surface area contributed by atoms with Crippen molar-refractivity contribution in [1.29, 1.82) is 0 Å². The molecule has 162 valence electrons. The van der Waals surface area contributed by atoms with Crippen LogP contribution in [0, 0.1) is 13.8 Å². The molecule has 1 N–H and O–H groups in total. The minimum absolute atomic E-state index is 1.10. The Morgan fingerprint density at radius 1 is 0.455 bits per heavy atom. The van der Waals surface area contributed by atoms with Crippen LogP contribution in [0.1, 0.15) is 33.4 Å². The predicted octanol–water partition coefficient (Wildman–Crippen LogP) is 8.94. The lowest BCUT2D eigenvalue weighted by atomic mass is 10.1. The Hall–Kier alpha value is -4.10. The number of nitrogens with one attached hydrogen (secondary N) is 1. The number of rotatable bonds is 7.